The predicted molar refractivity (Wildman–Crippen MR) is 123 cm³/mol. The molecule has 0 aliphatic rings. The van der Waals surface area contributed by atoms with Crippen molar-refractivity contribution >= 4 is 34.3 Å². The van der Waals surface area contributed by atoms with E-state index < -0.39 is 0 Å². The van der Waals surface area contributed by atoms with Gasteiger partial charge in [0, 0.05) is 10.5 Å². The molecule has 0 aliphatic carbocycles. The second-order valence-electron chi connectivity index (χ2n) is 5.99. The Labute approximate surface area is 167 Å². The van der Waals surface area contributed by atoms with Crippen LogP contribution >= 0.6 is 24.0 Å². The molecule has 0 bridgehead atoms. The molecular formula is C23H28OS2. The van der Waals surface area contributed by atoms with Crippen molar-refractivity contribution in [2.75, 3.05) is 0 Å². The minimum atomic E-state index is 0.824. The van der Waals surface area contributed by atoms with Crippen LogP contribution in [-0.4, -0.2) is 4.20 Å². The molecule has 0 atom stereocenters. The first-order chi connectivity index (χ1) is 12.4. The zero-order valence-corrected chi connectivity index (χ0v) is 17.8. The van der Waals surface area contributed by atoms with Crippen molar-refractivity contribution < 1.29 is 4.42 Å². The number of allylic oxidation sites excluding steroid dienone is 2. The fourth-order valence-corrected chi connectivity index (χ4v) is 3.42. The lowest BCUT2D eigenvalue weighted by molar-refractivity contribution is 0.571. The minimum Gasteiger partial charge on any atom is -0.457 e. The van der Waals surface area contributed by atoms with Gasteiger partial charge in [0.1, 0.15) is 11.5 Å². The van der Waals surface area contributed by atoms with Crippen molar-refractivity contribution in [2.24, 2.45) is 0 Å². The van der Waals surface area contributed by atoms with E-state index in [0.29, 0.717) is 0 Å². The number of rotatable bonds is 6. The Balaban J connectivity index is 0.00000105. The van der Waals surface area contributed by atoms with Crippen molar-refractivity contribution in [2.45, 2.75) is 40.5 Å². The Kier molecular flexibility index (Phi) is 10.0. The molecule has 0 fully saturated rings. The average Bonchev–Trinajstić information content (AvgIpc) is 3.04. The van der Waals surface area contributed by atoms with Gasteiger partial charge in [-0.05, 0) is 51.0 Å². The zero-order valence-electron chi connectivity index (χ0n) is 16.2. The molecule has 138 valence electrons. The monoisotopic (exact) mass is 384 g/mol. The van der Waals surface area contributed by atoms with Gasteiger partial charge in [-0.25, -0.2) is 0 Å². The van der Waals surface area contributed by atoms with Crippen molar-refractivity contribution in [3.05, 3.63) is 77.4 Å². The van der Waals surface area contributed by atoms with Gasteiger partial charge in [0.25, 0.3) is 0 Å². The molecule has 0 unspecified atom stereocenters. The second-order valence-corrected chi connectivity index (χ2v) is 7.88. The lowest BCUT2D eigenvalue weighted by Gasteiger charge is -2.06. The van der Waals surface area contributed by atoms with Gasteiger partial charge in [-0.1, -0.05) is 79.8 Å². The number of thioether (sulfide) groups is 1. The van der Waals surface area contributed by atoms with Crippen LogP contribution in [0.15, 0.2) is 70.5 Å². The molecule has 3 heteroatoms. The third-order valence-corrected chi connectivity index (χ3v) is 4.91. The number of hydrogen-bond acceptors (Lipinski definition) is 3. The van der Waals surface area contributed by atoms with Crippen LogP contribution in [0.25, 0.3) is 17.4 Å². The van der Waals surface area contributed by atoms with E-state index in [1.165, 1.54) is 5.56 Å². The molecule has 0 amide bonds. The molecule has 0 saturated carbocycles. The summed E-state index contributed by atoms with van der Waals surface area (Å²) < 4.78 is 6.95. The van der Waals surface area contributed by atoms with E-state index in [-0.39, 0.29) is 0 Å². The highest BCUT2D eigenvalue weighted by Crippen LogP contribution is 2.30. The molecular weight excluding hydrogens is 356 g/mol. The molecule has 2 rings (SSSR count). The van der Waals surface area contributed by atoms with E-state index in [2.05, 4.69) is 51.3 Å². The highest BCUT2D eigenvalue weighted by Gasteiger charge is 2.08. The Morgan fingerprint density at radius 1 is 1.19 bits per heavy atom. The Bertz CT molecular complexity index is 764. The van der Waals surface area contributed by atoms with Crippen LogP contribution in [0.2, 0.25) is 0 Å². The first-order valence-electron chi connectivity index (χ1n) is 8.73. The van der Waals surface area contributed by atoms with Crippen LogP contribution in [0.4, 0.5) is 0 Å². The molecule has 0 aliphatic heterocycles. The van der Waals surface area contributed by atoms with Crippen molar-refractivity contribution in [3.8, 4) is 11.3 Å². The summed E-state index contributed by atoms with van der Waals surface area (Å²) in [7, 11) is 0. The zero-order chi connectivity index (χ0) is 19.5. The molecule has 1 nitrogen and oxygen atoms in total. The van der Waals surface area contributed by atoms with Gasteiger partial charge >= 0.3 is 0 Å². The summed E-state index contributed by atoms with van der Waals surface area (Å²) in [6.07, 6.45) is 5.78. The van der Waals surface area contributed by atoms with Crippen molar-refractivity contribution in [1.29, 1.82) is 0 Å². The van der Waals surface area contributed by atoms with E-state index in [0.717, 1.165) is 44.6 Å². The molecule has 1 aromatic heterocycles. The second kappa shape index (κ2) is 11.7. The van der Waals surface area contributed by atoms with E-state index >= 15 is 0 Å². The topological polar surface area (TPSA) is 13.1 Å². The van der Waals surface area contributed by atoms with E-state index in [1.54, 1.807) is 17.8 Å². The van der Waals surface area contributed by atoms with Crippen LogP contribution in [0.1, 0.15) is 44.9 Å². The summed E-state index contributed by atoms with van der Waals surface area (Å²) >= 11 is 7.02. The van der Waals surface area contributed by atoms with E-state index in [4.69, 9.17) is 16.6 Å². The van der Waals surface area contributed by atoms with Gasteiger partial charge in [-0.2, -0.15) is 0 Å². The van der Waals surface area contributed by atoms with Crippen LogP contribution in [0.3, 0.4) is 0 Å². The van der Waals surface area contributed by atoms with Gasteiger partial charge in [0.2, 0.25) is 0 Å². The number of benzene rings is 1. The molecule has 26 heavy (non-hydrogen) atoms. The number of hydrogen-bond donors (Lipinski definition) is 0. The molecule has 0 spiro atoms. The van der Waals surface area contributed by atoms with Gasteiger partial charge in [-0.15, -0.1) is 6.58 Å². The summed E-state index contributed by atoms with van der Waals surface area (Å²) in [4.78, 5) is 1.06. The largest absolute Gasteiger partial charge is 0.457 e. The third-order valence-electron chi connectivity index (χ3n) is 3.33. The average molecular weight is 385 g/mol. The van der Waals surface area contributed by atoms with Gasteiger partial charge in [-0.3, -0.25) is 0 Å². The Hall–Kier alpha value is -1.84. The number of furan rings is 1. The summed E-state index contributed by atoms with van der Waals surface area (Å²) in [5.74, 6) is 1.70. The highest BCUT2D eigenvalue weighted by atomic mass is 32.2. The fourth-order valence-electron chi connectivity index (χ4n) is 2.05. The van der Waals surface area contributed by atoms with Crippen molar-refractivity contribution in [1.82, 2.24) is 0 Å². The van der Waals surface area contributed by atoms with E-state index in [9.17, 15) is 0 Å². The lowest BCUT2D eigenvalue weighted by Crippen LogP contribution is -1.89. The van der Waals surface area contributed by atoms with Gasteiger partial charge in [0.15, 0.2) is 0 Å². The normalized spacial score (nSPS) is 10.7. The summed E-state index contributed by atoms with van der Waals surface area (Å²) in [6.45, 7) is 15.5. The van der Waals surface area contributed by atoms with Gasteiger partial charge in [0.05, 0.1) is 4.20 Å². The molecule has 1 aromatic carbocycles. The van der Waals surface area contributed by atoms with Crippen LogP contribution in [0.5, 0.6) is 0 Å². The molecule has 2 aromatic rings. The van der Waals surface area contributed by atoms with Crippen LogP contribution < -0.4 is 0 Å². The minimum absolute atomic E-state index is 0.824. The number of aryl methyl sites for hydroxylation is 1. The highest BCUT2D eigenvalue weighted by molar-refractivity contribution is 8.25. The molecule has 0 N–H and O–H groups in total. The maximum atomic E-state index is 5.96. The smallest absolute Gasteiger partial charge is 0.134 e. The summed E-state index contributed by atoms with van der Waals surface area (Å²) in [6, 6.07) is 12.3. The quantitative estimate of drug-likeness (QED) is 0.283. The maximum absolute atomic E-state index is 5.96. The van der Waals surface area contributed by atoms with Crippen LogP contribution in [-0.2, 0) is 0 Å². The fraction of sp³-hybridized carbons (Fsp3) is 0.261. The SMILES string of the molecule is C=C(C)/C(=C/c1ccc(-c2ccc(C)cc2)o1)SC(=S)CCC.C=CC. The van der Waals surface area contributed by atoms with Crippen LogP contribution in [0, 0.1) is 6.92 Å². The Morgan fingerprint density at radius 3 is 2.35 bits per heavy atom. The predicted octanol–water partition coefficient (Wildman–Crippen LogP) is 8.23. The molecule has 1 heterocycles. The molecule has 0 saturated heterocycles. The first kappa shape index (κ1) is 22.2. The molecule has 0 radical (unpaired) electrons. The van der Waals surface area contributed by atoms with E-state index in [1.807, 2.05) is 32.1 Å². The third kappa shape index (κ3) is 7.59. The Morgan fingerprint density at radius 2 is 1.81 bits per heavy atom. The summed E-state index contributed by atoms with van der Waals surface area (Å²) in [5, 5.41) is 0. The number of thiocarbonyl (C=S) groups is 1. The maximum Gasteiger partial charge on any atom is 0.134 e. The van der Waals surface area contributed by atoms with Gasteiger partial charge < -0.3 is 4.42 Å². The summed E-state index contributed by atoms with van der Waals surface area (Å²) in [5.41, 5.74) is 3.33. The lowest BCUT2D eigenvalue weighted by atomic mass is 10.1. The standard InChI is InChI=1S/C20H22OS2.C3H6/c1-5-6-20(22)23-19(14(2)3)13-17-11-12-18(21-17)16-9-7-15(4)8-10-16;1-3-2/h7-13H,2,5-6H2,1,3-4H3;3H,1H2,2H3/b19-13-;. The first-order valence-corrected chi connectivity index (χ1v) is 9.95. The van der Waals surface area contributed by atoms with Crippen molar-refractivity contribution in [3.63, 3.8) is 0 Å².